The van der Waals surface area contributed by atoms with Crippen LogP contribution in [0.2, 0.25) is 0 Å². The Hall–Kier alpha value is -1.64. The molecule has 2 N–H and O–H groups in total. The molecule has 8 heteroatoms. The maximum Gasteiger partial charge on any atom is 0.240 e. The summed E-state index contributed by atoms with van der Waals surface area (Å²) in [5, 5.41) is 3.27. The molecule has 1 aromatic rings. The molecule has 2 aliphatic heterocycles. The monoisotopic (exact) mass is 477 g/mol. The topological polar surface area (TPSA) is 87.7 Å². The van der Waals surface area contributed by atoms with Crippen LogP contribution in [0.3, 0.4) is 0 Å². The van der Waals surface area contributed by atoms with Crippen LogP contribution in [0.15, 0.2) is 29.2 Å². The zero-order chi connectivity index (χ0) is 23.3. The molecule has 1 aromatic carbocycles. The first kappa shape index (κ1) is 24.5. The van der Waals surface area contributed by atoms with Gasteiger partial charge in [-0.1, -0.05) is 6.42 Å². The molecule has 1 aliphatic carbocycles. The molecule has 4 rings (SSSR count). The van der Waals surface area contributed by atoms with E-state index in [4.69, 9.17) is 4.74 Å². The lowest BCUT2D eigenvalue weighted by Gasteiger charge is -2.44. The van der Waals surface area contributed by atoms with Crippen LogP contribution in [0, 0.1) is 17.8 Å². The van der Waals surface area contributed by atoms with Crippen LogP contribution in [0.25, 0.3) is 0 Å². The average Bonchev–Trinajstić information content (AvgIpc) is 2.86. The molecule has 2 atom stereocenters. The summed E-state index contributed by atoms with van der Waals surface area (Å²) in [6.07, 6.45) is 9.80. The summed E-state index contributed by atoms with van der Waals surface area (Å²) in [7, 11) is -1.98. The molecule has 3 fully saturated rings. The molecule has 33 heavy (non-hydrogen) atoms. The standard InChI is InChI=1S/C25H39N3O4S/c1-32-22-11-13-23(14-12-22)33(30,31)27-17-19-7-9-20(10-8-19)25(29)26-18-21-5-4-16-28-15-3-2-6-24(21)28/h11-14,19-21,24,27H,2-10,15-18H2,1H3,(H,26,29). The highest BCUT2D eigenvalue weighted by Gasteiger charge is 2.34. The number of hydrogen-bond donors (Lipinski definition) is 2. The van der Waals surface area contributed by atoms with Gasteiger partial charge in [0.25, 0.3) is 0 Å². The summed E-state index contributed by atoms with van der Waals surface area (Å²) in [5.41, 5.74) is 0. The van der Waals surface area contributed by atoms with Gasteiger partial charge in [-0.15, -0.1) is 0 Å². The van der Waals surface area contributed by atoms with Crippen molar-refractivity contribution in [1.29, 1.82) is 0 Å². The fourth-order valence-electron chi connectivity index (χ4n) is 5.89. The Balaban J connectivity index is 1.19. The molecule has 2 saturated heterocycles. The predicted octanol–water partition coefficient (Wildman–Crippen LogP) is 3.16. The molecule has 0 aromatic heterocycles. The molecule has 184 valence electrons. The van der Waals surface area contributed by atoms with Crippen molar-refractivity contribution in [1.82, 2.24) is 14.9 Å². The number of ether oxygens (including phenoxy) is 1. The van der Waals surface area contributed by atoms with E-state index in [1.165, 1.54) is 45.2 Å². The van der Waals surface area contributed by atoms with Crippen molar-refractivity contribution in [2.45, 2.75) is 68.7 Å². The molecule has 2 heterocycles. The zero-order valence-electron chi connectivity index (χ0n) is 19.8. The van der Waals surface area contributed by atoms with Crippen LogP contribution in [0.5, 0.6) is 5.75 Å². The number of fused-ring (bicyclic) bond motifs is 1. The quantitative estimate of drug-likeness (QED) is 0.601. The van der Waals surface area contributed by atoms with Gasteiger partial charge < -0.3 is 15.0 Å². The van der Waals surface area contributed by atoms with Gasteiger partial charge in [-0.2, -0.15) is 0 Å². The normalized spacial score (nSPS) is 28.6. The third-order valence-electron chi connectivity index (χ3n) is 7.92. The van der Waals surface area contributed by atoms with E-state index in [-0.39, 0.29) is 22.6 Å². The maximum atomic E-state index is 12.8. The molecule has 7 nitrogen and oxygen atoms in total. The number of methoxy groups -OCH3 is 1. The smallest absolute Gasteiger partial charge is 0.240 e. The van der Waals surface area contributed by atoms with Crippen molar-refractivity contribution < 1.29 is 17.9 Å². The number of hydrogen-bond acceptors (Lipinski definition) is 5. The van der Waals surface area contributed by atoms with E-state index in [1.807, 2.05) is 0 Å². The number of carbonyl (C=O) groups excluding carboxylic acids is 1. The molecular weight excluding hydrogens is 438 g/mol. The Bertz CT molecular complexity index is 879. The van der Waals surface area contributed by atoms with Gasteiger partial charge in [0, 0.05) is 25.0 Å². The van der Waals surface area contributed by atoms with Crippen LogP contribution in [-0.2, 0) is 14.8 Å². The Morgan fingerprint density at radius 1 is 0.970 bits per heavy atom. The van der Waals surface area contributed by atoms with E-state index >= 15 is 0 Å². The van der Waals surface area contributed by atoms with Crippen molar-refractivity contribution in [3.8, 4) is 5.75 Å². The number of rotatable bonds is 8. The second-order valence-electron chi connectivity index (χ2n) is 9.99. The van der Waals surface area contributed by atoms with E-state index < -0.39 is 10.0 Å². The number of nitrogens with one attached hydrogen (secondary N) is 2. The summed E-state index contributed by atoms with van der Waals surface area (Å²) in [6.45, 7) is 3.67. The van der Waals surface area contributed by atoms with Crippen LogP contribution in [0.1, 0.15) is 57.8 Å². The van der Waals surface area contributed by atoms with Gasteiger partial charge in [0.2, 0.25) is 15.9 Å². The highest BCUT2D eigenvalue weighted by atomic mass is 32.2. The van der Waals surface area contributed by atoms with Crippen molar-refractivity contribution in [2.24, 2.45) is 17.8 Å². The minimum Gasteiger partial charge on any atom is -0.497 e. The van der Waals surface area contributed by atoms with Gasteiger partial charge in [-0.3, -0.25) is 4.79 Å². The first-order valence-corrected chi connectivity index (χ1v) is 14.1. The second kappa shape index (κ2) is 11.2. The minimum atomic E-state index is -3.53. The summed E-state index contributed by atoms with van der Waals surface area (Å²) in [5.74, 6) is 1.75. The van der Waals surface area contributed by atoms with Gasteiger partial charge in [-0.05, 0) is 101 Å². The van der Waals surface area contributed by atoms with Crippen LogP contribution < -0.4 is 14.8 Å². The number of nitrogens with zero attached hydrogens (tertiary/aromatic N) is 1. The minimum absolute atomic E-state index is 0.0606. The molecule has 1 saturated carbocycles. The third-order valence-corrected chi connectivity index (χ3v) is 9.36. The van der Waals surface area contributed by atoms with Crippen molar-refractivity contribution in [3.05, 3.63) is 24.3 Å². The second-order valence-corrected chi connectivity index (χ2v) is 11.8. The summed E-state index contributed by atoms with van der Waals surface area (Å²) in [6, 6.07) is 7.07. The Labute approximate surface area is 198 Å². The highest BCUT2D eigenvalue weighted by molar-refractivity contribution is 7.89. The number of carbonyl (C=O) groups is 1. The van der Waals surface area contributed by atoms with E-state index in [0.717, 1.165) is 32.2 Å². The predicted molar refractivity (Wildman–Crippen MR) is 129 cm³/mol. The van der Waals surface area contributed by atoms with Gasteiger partial charge in [0.1, 0.15) is 5.75 Å². The third kappa shape index (κ3) is 6.28. The van der Waals surface area contributed by atoms with E-state index in [9.17, 15) is 13.2 Å². The van der Waals surface area contributed by atoms with Crippen LogP contribution in [0.4, 0.5) is 0 Å². The lowest BCUT2D eigenvalue weighted by atomic mass is 9.81. The Morgan fingerprint density at radius 2 is 1.70 bits per heavy atom. The molecule has 0 bridgehead atoms. The molecule has 2 unspecified atom stereocenters. The molecule has 0 radical (unpaired) electrons. The van der Waals surface area contributed by atoms with Crippen molar-refractivity contribution in [2.75, 3.05) is 33.3 Å². The number of amides is 1. The van der Waals surface area contributed by atoms with E-state index in [2.05, 4.69) is 14.9 Å². The number of piperidine rings is 2. The molecular formula is C25H39N3O4S. The Kier molecular flexibility index (Phi) is 8.30. The number of sulfonamides is 1. The van der Waals surface area contributed by atoms with Gasteiger partial charge in [0.05, 0.1) is 12.0 Å². The zero-order valence-corrected chi connectivity index (χ0v) is 20.6. The Morgan fingerprint density at radius 3 is 2.42 bits per heavy atom. The van der Waals surface area contributed by atoms with Gasteiger partial charge >= 0.3 is 0 Å². The first-order valence-electron chi connectivity index (χ1n) is 12.6. The largest absolute Gasteiger partial charge is 0.497 e. The molecule has 3 aliphatic rings. The van der Waals surface area contributed by atoms with Crippen LogP contribution >= 0.6 is 0 Å². The molecule has 1 amide bonds. The summed E-state index contributed by atoms with van der Waals surface area (Å²) >= 11 is 0. The lowest BCUT2D eigenvalue weighted by molar-refractivity contribution is -0.126. The van der Waals surface area contributed by atoms with E-state index in [1.54, 1.807) is 31.4 Å². The summed E-state index contributed by atoms with van der Waals surface area (Å²) < 4.78 is 33.0. The average molecular weight is 478 g/mol. The molecule has 0 spiro atoms. The van der Waals surface area contributed by atoms with Crippen molar-refractivity contribution >= 4 is 15.9 Å². The van der Waals surface area contributed by atoms with Crippen molar-refractivity contribution in [3.63, 3.8) is 0 Å². The SMILES string of the molecule is COc1ccc(S(=O)(=O)NCC2CCC(C(=O)NCC3CCCN4CCCCC34)CC2)cc1. The fraction of sp³-hybridized carbons (Fsp3) is 0.720. The highest BCUT2D eigenvalue weighted by Crippen LogP contribution is 2.32. The van der Waals surface area contributed by atoms with Crippen LogP contribution in [-0.4, -0.2) is 58.6 Å². The first-order chi connectivity index (χ1) is 16.0. The maximum absolute atomic E-state index is 12.8. The summed E-state index contributed by atoms with van der Waals surface area (Å²) in [4.78, 5) is 15.7. The lowest BCUT2D eigenvalue weighted by Crippen LogP contribution is -2.51. The van der Waals surface area contributed by atoms with E-state index in [0.29, 0.717) is 24.3 Å². The number of benzene rings is 1. The van der Waals surface area contributed by atoms with Gasteiger partial charge in [0.15, 0.2) is 0 Å². The van der Waals surface area contributed by atoms with Gasteiger partial charge in [-0.25, -0.2) is 13.1 Å². The fourth-order valence-corrected chi connectivity index (χ4v) is 7.00.